The van der Waals surface area contributed by atoms with Gasteiger partial charge >= 0.3 is 5.97 Å². The van der Waals surface area contributed by atoms with Crippen LogP contribution in [0.25, 0.3) is 10.9 Å². The van der Waals surface area contributed by atoms with Gasteiger partial charge in [-0.15, -0.1) is 0 Å². The van der Waals surface area contributed by atoms with Crippen molar-refractivity contribution in [1.29, 1.82) is 0 Å². The van der Waals surface area contributed by atoms with Crippen molar-refractivity contribution in [2.75, 3.05) is 4.31 Å². The number of hydrogen-bond donors (Lipinski definition) is 0. The van der Waals surface area contributed by atoms with Gasteiger partial charge < -0.3 is 4.74 Å². The molecule has 1 amide bonds. The highest BCUT2D eigenvalue weighted by Gasteiger charge is 2.31. The van der Waals surface area contributed by atoms with Crippen LogP contribution in [0.4, 0.5) is 5.69 Å². The molecule has 0 atom stereocenters. The van der Waals surface area contributed by atoms with Crippen LogP contribution in [0.2, 0.25) is 0 Å². The molecule has 0 saturated heterocycles. The van der Waals surface area contributed by atoms with Crippen molar-refractivity contribution in [1.82, 2.24) is 4.98 Å². The van der Waals surface area contributed by atoms with E-state index in [0.29, 0.717) is 10.9 Å². The van der Waals surface area contributed by atoms with Gasteiger partial charge in [-0.3, -0.25) is 14.6 Å². The summed E-state index contributed by atoms with van der Waals surface area (Å²) in [5.41, 5.74) is 0.924. The number of ether oxygens (including phenoxy) is 1. The fraction of sp³-hybridized carbons (Fsp3) is 0.150. The van der Waals surface area contributed by atoms with E-state index in [1.165, 1.54) is 44.3 Å². The van der Waals surface area contributed by atoms with Gasteiger partial charge in [-0.2, -0.15) is 0 Å². The smallest absolute Gasteiger partial charge is 0.308 e. The van der Waals surface area contributed by atoms with Crippen molar-refractivity contribution >= 4 is 38.5 Å². The van der Waals surface area contributed by atoms with Crippen molar-refractivity contribution in [2.24, 2.45) is 0 Å². The Bertz CT molecular complexity index is 1180. The summed E-state index contributed by atoms with van der Waals surface area (Å²) in [6, 6.07) is 12.6. The third-order valence-corrected chi connectivity index (χ3v) is 5.87. The van der Waals surface area contributed by atoms with Gasteiger partial charge in [0.05, 0.1) is 11.2 Å². The van der Waals surface area contributed by atoms with Gasteiger partial charge in [0, 0.05) is 25.4 Å². The molecule has 0 fully saturated rings. The number of pyridine rings is 1. The van der Waals surface area contributed by atoms with Crippen molar-refractivity contribution in [3.63, 3.8) is 0 Å². The number of amides is 1. The number of aromatic nitrogens is 1. The van der Waals surface area contributed by atoms with Gasteiger partial charge in [0.15, 0.2) is 0 Å². The number of benzene rings is 2. The zero-order valence-corrected chi connectivity index (χ0v) is 16.4. The number of carbonyl (C=O) groups is 2. The van der Waals surface area contributed by atoms with E-state index in [1.54, 1.807) is 31.2 Å². The molecule has 0 bridgehead atoms. The Labute approximate surface area is 162 Å². The number of aryl methyl sites for hydroxylation is 1. The Balaban J connectivity index is 2.17. The normalized spacial score (nSPS) is 11.2. The highest BCUT2D eigenvalue weighted by Crippen LogP contribution is 2.32. The molecule has 7 nitrogen and oxygen atoms in total. The van der Waals surface area contributed by atoms with Gasteiger partial charge in [-0.05, 0) is 42.8 Å². The Kier molecular flexibility index (Phi) is 5.15. The first kappa shape index (κ1) is 19.5. The molecule has 1 heterocycles. The predicted octanol–water partition coefficient (Wildman–Crippen LogP) is 3.21. The summed E-state index contributed by atoms with van der Waals surface area (Å²) in [6.07, 6.45) is 1.50. The van der Waals surface area contributed by atoms with Crippen LogP contribution in [0.5, 0.6) is 5.75 Å². The number of carbonyl (C=O) groups excluding carboxylic acids is 2. The van der Waals surface area contributed by atoms with Crippen molar-refractivity contribution in [3.05, 3.63) is 60.3 Å². The summed E-state index contributed by atoms with van der Waals surface area (Å²) in [4.78, 5) is 27.6. The second-order valence-corrected chi connectivity index (χ2v) is 7.92. The summed E-state index contributed by atoms with van der Waals surface area (Å²) < 4.78 is 32.5. The SMILES string of the molecule is CC(=O)Oc1ccc(N(C(C)=O)S(=O)(=O)c2cccc3cccnc23)c(C)c1. The Hall–Kier alpha value is -3.26. The third kappa shape index (κ3) is 3.59. The molecular formula is C20H18N2O5S. The zero-order valence-electron chi connectivity index (χ0n) is 15.5. The van der Waals surface area contributed by atoms with E-state index < -0.39 is 21.9 Å². The quantitative estimate of drug-likeness (QED) is 0.495. The lowest BCUT2D eigenvalue weighted by atomic mass is 10.2. The zero-order chi connectivity index (χ0) is 20.5. The van der Waals surface area contributed by atoms with Crippen LogP contribution in [0, 0.1) is 6.92 Å². The minimum atomic E-state index is -4.22. The van der Waals surface area contributed by atoms with Crippen molar-refractivity contribution in [3.8, 4) is 5.75 Å². The number of anilines is 1. The molecule has 3 aromatic rings. The lowest BCUT2D eigenvalue weighted by Crippen LogP contribution is -2.36. The van der Waals surface area contributed by atoms with Crippen LogP contribution in [-0.2, 0) is 19.6 Å². The Morgan fingerprint density at radius 3 is 2.39 bits per heavy atom. The second kappa shape index (κ2) is 7.40. The highest BCUT2D eigenvalue weighted by atomic mass is 32.2. The van der Waals surface area contributed by atoms with E-state index >= 15 is 0 Å². The predicted molar refractivity (Wildman–Crippen MR) is 105 cm³/mol. The maximum absolute atomic E-state index is 13.4. The molecule has 0 unspecified atom stereocenters. The molecule has 0 aliphatic carbocycles. The van der Waals surface area contributed by atoms with Crippen molar-refractivity contribution in [2.45, 2.75) is 25.7 Å². The van der Waals surface area contributed by atoms with E-state index in [2.05, 4.69) is 4.98 Å². The van der Waals surface area contributed by atoms with E-state index in [0.717, 1.165) is 4.31 Å². The standard InChI is InChI=1S/C20H18N2O5S/c1-13-12-17(27-15(3)24)9-10-18(13)22(14(2)23)28(25,26)19-8-4-6-16-7-5-11-21-20(16)19/h4-12H,1-3H3. The third-order valence-electron chi connectivity index (χ3n) is 4.05. The average Bonchev–Trinajstić information content (AvgIpc) is 2.62. The number of rotatable bonds is 4. The fourth-order valence-electron chi connectivity index (χ4n) is 2.94. The highest BCUT2D eigenvalue weighted by molar-refractivity contribution is 7.93. The van der Waals surface area contributed by atoms with Crippen LogP contribution < -0.4 is 9.04 Å². The van der Waals surface area contributed by atoms with Gasteiger partial charge in [-0.25, -0.2) is 12.7 Å². The van der Waals surface area contributed by atoms with Gasteiger partial charge in [0.1, 0.15) is 10.6 Å². The molecule has 28 heavy (non-hydrogen) atoms. The molecule has 0 saturated carbocycles. The van der Waals surface area contributed by atoms with E-state index in [-0.39, 0.29) is 21.8 Å². The average molecular weight is 398 g/mol. The van der Waals surface area contributed by atoms with Crippen LogP contribution in [-0.4, -0.2) is 25.3 Å². The van der Waals surface area contributed by atoms with Gasteiger partial charge in [0.25, 0.3) is 10.0 Å². The largest absolute Gasteiger partial charge is 0.427 e. The molecular weight excluding hydrogens is 380 g/mol. The van der Waals surface area contributed by atoms with E-state index in [9.17, 15) is 18.0 Å². The number of fused-ring (bicyclic) bond motifs is 1. The molecule has 0 aliphatic heterocycles. The number of sulfonamides is 1. The Morgan fingerprint density at radius 1 is 1.04 bits per heavy atom. The molecule has 0 spiro atoms. The summed E-state index contributed by atoms with van der Waals surface area (Å²) in [6.45, 7) is 4.08. The molecule has 0 aliphatic rings. The number of hydrogen-bond acceptors (Lipinski definition) is 6. The Morgan fingerprint density at radius 2 is 1.75 bits per heavy atom. The summed E-state index contributed by atoms with van der Waals surface area (Å²) in [5, 5.41) is 0.647. The van der Waals surface area contributed by atoms with E-state index in [1.807, 2.05) is 0 Å². The lowest BCUT2D eigenvalue weighted by Gasteiger charge is -2.23. The summed E-state index contributed by atoms with van der Waals surface area (Å²) >= 11 is 0. The lowest BCUT2D eigenvalue weighted by molar-refractivity contribution is -0.131. The first-order chi connectivity index (χ1) is 13.2. The molecule has 2 aromatic carbocycles. The second-order valence-electron chi connectivity index (χ2n) is 6.16. The van der Waals surface area contributed by atoms with E-state index in [4.69, 9.17) is 4.74 Å². The first-order valence-corrected chi connectivity index (χ1v) is 9.84. The summed E-state index contributed by atoms with van der Waals surface area (Å²) in [5.74, 6) is -0.900. The monoisotopic (exact) mass is 398 g/mol. The first-order valence-electron chi connectivity index (χ1n) is 8.40. The number of esters is 1. The molecule has 1 aromatic heterocycles. The molecule has 144 valence electrons. The van der Waals surface area contributed by atoms with Gasteiger partial charge in [-0.1, -0.05) is 18.2 Å². The minimum Gasteiger partial charge on any atom is -0.427 e. The van der Waals surface area contributed by atoms with Crippen LogP contribution in [0.1, 0.15) is 19.4 Å². The minimum absolute atomic E-state index is 0.0655. The van der Waals surface area contributed by atoms with Crippen LogP contribution in [0.15, 0.2) is 59.6 Å². The molecule has 0 radical (unpaired) electrons. The fourth-order valence-corrected chi connectivity index (χ4v) is 4.60. The number of para-hydroxylation sites is 1. The molecule has 3 rings (SSSR count). The maximum Gasteiger partial charge on any atom is 0.308 e. The van der Waals surface area contributed by atoms with Gasteiger partial charge in [0.2, 0.25) is 5.91 Å². The van der Waals surface area contributed by atoms with Crippen LogP contribution in [0.3, 0.4) is 0 Å². The summed E-state index contributed by atoms with van der Waals surface area (Å²) in [7, 11) is -4.22. The number of nitrogens with zero attached hydrogens (tertiary/aromatic N) is 2. The van der Waals surface area contributed by atoms with Crippen LogP contribution >= 0.6 is 0 Å². The maximum atomic E-state index is 13.4. The molecule has 0 N–H and O–H groups in total. The van der Waals surface area contributed by atoms with Crippen molar-refractivity contribution < 1.29 is 22.7 Å². The topological polar surface area (TPSA) is 93.6 Å². The molecule has 8 heteroatoms.